The van der Waals surface area contributed by atoms with E-state index in [0.29, 0.717) is 0 Å². The van der Waals surface area contributed by atoms with E-state index in [-0.39, 0.29) is 17.6 Å². The summed E-state index contributed by atoms with van der Waals surface area (Å²) in [4.78, 5) is 0. The van der Waals surface area contributed by atoms with Crippen molar-refractivity contribution in [2.45, 2.75) is 18.3 Å². The van der Waals surface area contributed by atoms with Gasteiger partial charge in [-0.25, -0.2) is 4.57 Å². The van der Waals surface area contributed by atoms with Gasteiger partial charge in [0.05, 0.1) is 55.8 Å². The number of halogens is 3. The average Bonchev–Trinajstić information content (AvgIpc) is 2.47. The second kappa shape index (κ2) is 11.4. The van der Waals surface area contributed by atoms with Crippen LogP contribution in [0.3, 0.4) is 0 Å². The minimum atomic E-state index is -4.08. The van der Waals surface area contributed by atoms with E-state index in [1.54, 1.807) is 0 Å². The number of aliphatic hydroxyl groups is 3. The standard InChI is InChI=1S/C9H18Cl3O7P/c10-1-7(13)4-17-20(16,18-5-8(14)2-11)19-6-9(15)3-12/h7-9,13-15H,1-6H2. The van der Waals surface area contributed by atoms with Crippen molar-refractivity contribution in [2.75, 3.05) is 37.5 Å². The number of hydrogen-bond donors (Lipinski definition) is 3. The van der Waals surface area contributed by atoms with Crippen LogP contribution < -0.4 is 0 Å². The van der Waals surface area contributed by atoms with Crippen LogP contribution in [0, 0.1) is 0 Å². The number of hydrogen-bond acceptors (Lipinski definition) is 7. The normalized spacial score (nSPS) is 19.3. The Morgan fingerprint density at radius 2 is 1.00 bits per heavy atom. The topological polar surface area (TPSA) is 105 Å². The summed E-state index contributed by atoms with van der Waals surface area (Å²) in [5.41, 5.74) is 0. The zero-order chi connectivity index (χ0) is 15.6. The molecule has 0 aromatic carbocycles. The highest BCUT2D eigenvalue weighted by Crippen LogP contribution is 2.49. The van der Waals surface area contributed by atoms with Gasteiger partial charge in [0, 0.05) is 0 Å². The third-order valence-electron chi connectivity index (χ3n) is 1.81. The summed E-state index contributed by atoms with van der Waals surface area (Å²) in [6.45, 7) is -1.18. The van der Waals surface area contributed by atoms with E-state index in [1.165, 1.54) is 0 Å². The first-order valence-corrected chi connectivity index (χ1v) is 8.69. The van der Waals surface area contributed by atoms with Crippen molar-refractivity contribution in [2.24, 2.45) is 0 Å². The molecule has 3 N–H and O–H groups in total. The lowest BCUT2D eigenvalue weighted by atomic mass is 10.4. The molecule has 20 heavy (non-hydrogen) atoms. The lowest BCUT2D eigenvalue weighted by Gasteiger charge is -2.21. The highest BCUT2D eigenvalue weighted by Gasteiger charge is 2.29. The van der Waals surface area contributed by atoms with Crippen LogP contribution in [0.2, 0.25) is 0 Å². The van der Waals surface area contributed by atoms with Crippen LogP contribution in [-0.2, 0) is 18.1 Å². The van der Waals surface area contributed by atoms with Gasteiger partial charge in [-0.05, 0) is 0 Å². The molecule has 0 rings (SSSR count). The second-order valence-electron chi connectivity index (χ2n) is 3.76. The Morgan fingerprint density at radius 1 is 0.750 bits per heavy atom. The molecule has 3 unspecified atom stereocenters. The molecule has 0 radical (unpaired) electrons. The molecule has 0 amide bonds. The van der Waals surface area contributed by atoms with Crippen molar-refractivity contribution in [3.63, 3.8) is 0 Å². The van der Waals surface area contributed by atoms with Crippen LogP contribution in [-0.4, -0.2) is 71.1 Å². The van der Waals surface area contributed by atoms with Crippen molar-refractivity contribution in [3.8, 4) is 0 Å². The largest absolute Gasteiger partial charge is 0.475 e. The molecule has 0 aromatic heterocycles. The summed E-state index contributed by atoms with van der Waals surface area (Å²) in [5, 5.41) is 27.7. The molecule has 0 saturated carbocycles. The molecule has 122 valence electrons. The van der Waals surface area contributed by atoms with Crippen LogP contribution in [0.1, 0.15) is 0 Å². The Balaban J connectivity index is 4.45. The smallest absolute Gasteiger partial charge is 0.389 e. The fourth-order valence-corrected chi connectivity index (χ4v) is 2.33. The maximum absolute atomic E-state index is 12.1. The number of aliphatic hydroxyl groups excluding tert-OH is 3. The first kappa shape index (κ1) is 20.9. The molecule has 0 fully saturated rings. The zero-order valence-corrected chi connectivity index (χ0v) is 13.7. The molecule has 0 spiro atoms. The molecule has 0 aliphatic heterocycles. The molecular formula is C9H18Cl3O7P. The summed E-state index contributed by atoms with van der Waals surface area (Å²) in [5.74, 6) is -0.391. The molecule has 3 atom stereocenters. The maximum Gasteiger partial charge on any atom is 0.475 e. The maximum atomic E-state index is 12.1. The number of phosphoric ester groups is 1. The first-order valence-electron chi connectivity index (χ1n) is 5.62. The van der Waals surface area contributed by atoms with Gasteiger partial charge in [-0.2, -0.15) is 0 Å². The van der Waals surface area contributed by atoms with E-state index in [4.69, 9.17) is 48.4 Å². The Hall–Kier alpha value is 0.860. The zero-order valence-electron chi connectivity index (χ0n) is 10.5. The van der Waals surface area contributed by atoms with Gasteiger partial charge in [0.15, 0.2) is 0 Å². The molecule has 11 heteroatoms. The monoisotopic (exact) mass is 374 g/mol. The number of phosphoric acid groups is 1. The molecule has 7 nitrogen and oxygen atoms in total. The minimum Gasteiger partial charge on any atom is -0.389 e. The Labute approximate surface area is 132 Å². The average molecular weight is 376 g/mol. The van der Waals surface area contributed by atoms with E-state index in [9.17, 15) is 19.9 Å². The van der Waals surface area contributed by atoms with Crippen LogP contribution in [0.25, 0.3) is 0 Å². The first-order chi connectivity index (χ1) is 9.36. The van der Waals surface area contributed by atoms with E-state index in [1.807, 2.05) is 0 Å². The van der Waals surface area contributed by atoms with Gasteiger partial charge in [0.2, 0.25) is 0 Å². The number of alkyl halides is 3. The Morgan fingerprint density at radius 3 is 1.20 bits per heavy atom. The fraction of sp³-hybridized carbons (Fsp3) is 1.00. The quantitative estimate of drug-likeness (QED) is 0.344. The lowest BCUT2D eigenvalue weighted by molar-refractivity contribution is 0.0309. The summed E-state index contributed by atoms with van der Waals surface area (Å²) in [7, 11) is -4.08. The van der Waals surface area contributed by atoms with Crippen molar-refractivity contribution in [1.82, 2.24) is 0 Å². The van der Waals surface area contributed by atoms with Gasteiger partial charge in [0.25, 0.3) is 0 Å². The Kier molecular flexibility index (Phi) is 11.9. The van der Waals surface area contributed by atoms with Crippen molar-refractivity contribution < 1.29 is 33.5 Å². The SMILES string of the molecule is O=P(OCC(O)CCl)(OCC(O)CCl)OCC(O)CCl. The fourth-order valence-electron chi connectivity index (χ4n) is 0.777. The lowest BCUT2D eigenvalue weighted by Crippen LogP contribution is -2.22. The van der Waals surface area contributed by atoms with E-state index >= 15 is 0 Å². The third kappa shape index (κ3) is 9.73. The molecule has 0 aromatic rings. The highest BCUT2D eigenvalue weighted by molar-refractivity contribution is 7.48. The van der Waals surface area contributed by atoms with Gasteiger partial charge in [-0.1, -0.05) is 0 Å². The molecule has 0 aliphatic carbocycles. The molecule has 0 saturated heterocycles. The van der Waals surface area contributed by atoms with Crippen LogP contribution in [0.15, 0.2) is 0 Å². The van der Waals surface area contributed by atoms with E-state index in [2.05, 4.69) is 0 Å². The molecule has 0 bridgehead atoms. The Bertz CT molecular complexity index is 254. The van der Waals surface area contributed by atoms with Gasteiger partial charge < -0.3 is 15.3 Å². The van der Waals surface area contributed by atoms with Crippen molar-refractivity contribution in [1.29, 1.82) is 0 Å². The van der Waals surface area contributed by atoms with Gasteiger partial charge >= 0.3 is 7.82 Å². The van der Waals surface area contributed by atoms with E-state index < -0.39 is 46.0 Å². The van der Waals surface area contributed by atoms with Gasteiger partial charge in [0.1, 0.15) is 0 Å². The van der Waals surface area contributed by atoms with Crippen LogP contribution >= 0.6 is 42.6 Å². The third-order valence-corrected chi connectivity index (χ3v) is 4.27. The number of rotatable bonds is 12. The molecule has 0 heterocycles. The van der Waals surface area contributed by atoms with Crippen LogP contribution in [0.5, 0.6) is 0 Å². The van der Waals surface area contributed by atoms with E-state index in [0.717, 1.165) is 0 Å². The van der Waals surface area contributed by atoms with Crippen molar-refractivity contribution >= 4 is 42.6 Å². The van der Waals surface area contributed by atoms with Crippen molar-refractivity contribution in [3.05, 3.63) is 0 Å². The van der Waals surface area contributed by atoms with Gasteiger partial charge in [-0.3, -0.25) is 13.6 Å². The molecular weight excluding hydrogens is 357 g/mol. The predicted molar refractivity (Wildman–Crippen MR) is 75.6 cm³/mol. The minimum absolute atomic E-state index is 0.130. The summed E-state index contributed by atoms with van der Waals surface area (Å²) in [6.07, 6.45) is -3.19. The summed E-state index contributed by atoms with van der Waals surface area (Å²) >= 11 is 16.1. The van der Waals surface area contributed by atoms with Crippen LogP contribution in [0.4, 0.5) is 0 Å². The summed E-state index contributed by atoms with van der Waals surface area (Å²) < 4.78 is 26.7. The summed E-state index contributed by atoms with van der Waals surface area (Å²) in [6, 6.07) is 0. The molecule has 0 aliphatic rings. The second-order valence-corrected chi connectivity index (χ2v) is 6.35. The van der Waals surface area contributed by atoms with Gasteiger partial charge in [-0.15, -0.1) is 34.8 Å². The highest BCUT2D eigenvalue weighted by atomic mass is 35.5. The predicted octanol–water partition coefficient (Wildman–Crippen LogP) is 0.943.